The Morgan fingerprint density at radius 1 is 1.00 bits per heavy atom. The average Bonchev–Trinajstić information content (AvgIpc) is 2.91. The van der Waals surface area contributed by atoms with Gasteiger partial charge in [-0.25, -0.2) is 8.42 Å². The second-order valence-corrected chi connectivity index (χ2v) is 10.7. The lowest BCUT2D eigenvalue weighted by molar-refractivity contribution is -0.126. The molecule has 8 nitrogen and oxygen atoms in total. The fraction of sp³-hybridized carbons (Fsp3) is 0.500. The van der Waals surface area contributed by atoms with Crippen molar-refractivity contribution in [1.29, 1.82) is 0 Å². The van der Waals surface area contributed by atoms with Crippen LogP contribution in [0.2, 0.25) is 0 Å². The Morgan fingerprint density at radius 3 is 2.19 bits per heavy atom. The monoisotopic (exact) mass is 447 g/mol. The van der Waals surface area contributed by atoms with E-state index in [1.54, 1.807) is 26.0 Å². The fourth-order valence-corrected chi connectivity index (χ4v) is 5.46. The quantitative estimate of drug-likeness (QED) is 0.528. The third kappa shape index (κ3) is 4.72. The maximum absolute atomic E-state index is 13.0. The summed E-state index contributed by atoms with van der Waals surface area (Å²) in [5, 5.41) is 3.73. The first-order valence-corrected chi connectivity index (χ1v) is 11.7. The van der Waals surface area contributed by atoms with E-state index in [1.165, 1.54) is 9.21 Å². The summed E-state index contributed by atoms with van der Waals surface area (Å²) in [7, 11) is -3.79. The van der Waals surface area contributed by atoms with Crippen LogP contribution < -0.4 is 0 Å². The van der Waals surface area contributed by atoms with Gasteiger partial charge < -0.3 is 9.42 Å². The van der Waals surface area contributed by atoms with Crippen LogP contribution >= 0.6 is 0 Å². The van der Waals surface area contributed by atoms with E-state index in [0.29, 0.717) is 24.2 Å². The van der Waals surface area contributed by atoms with Crippen molar-refractivity contribution in [2.75, 3.05) is 26.2 Å². The van der Waals surface area contributed by atoms with Gasteiger partial charge >= 0.3 is 0 Å². The number of nitrogens with zero attached hydrogens (tertiary/aromatic N) is 3. The SMILES string of the molecule is Cc1noc(C)c1S(=O)(=O)N1CCCN(C(=O)C(=O)c2ccc(C(C)(C)C)cc2)CC1. The summed E-state index contributed by atoms with van der Waals surface area (Å²) in [4.78, 5) is 27.0. The maximum Gasteiger partial charge on any atom is 0.295 e. The van der Waals surface area contributed by atoms with Crippen LogP contribution in [0.5, 0.6) is 0 Å². The third-order valence-corrected chi connectivity index (χ3v) is 7.66. The lowest BCUT2D eigenvalue weighted by atomic mass is 9.86. The number of aromatic nitrogens is 1. The summed E-state index contributed by atoms with van der Waals surface area (Å²) in [6, 6.07) is 7.07. The topological polar surface area (TPSA) is 101 Å². The molecule has 1 saturated heterocycles. The highest BCUT2D eigenvalue weighted by molar-refractivity contribution is 7.89. The zero-order valence-corrected chi connectivity index (χ0v) is 19.5. The summed E-state index contributed by atoms with van der Waals surface area (Å²) in [6.07, 6.45) is 0.435. The van der Waals surface area contributed by atoms with Gasteiger partial charge in [-0.15, -0.1) is 0 Å². The predicted octanol–water partition coefficient (Wildman–Crippen LogP) is 2.69. The minimum Gasteiger partial charge on any atom is -0.360 e. The first kappa shape index (κ1) is 23.1. The van der Waals surface area contributed by atoms with Gasteiger partial charge in [0.1, 0.15) is 10.6 Å². The molecule has 1 aliphatic rings. The van der Waals surface area contributed by atoms with Crippen molar-refractivity contribution in [2.45, 2.75) is 51.3 Å². The van der Waals surface area contributed by atoms with Crippen LogP contribution in [0.25, 0.3) is 0 Å². The molecule has 2 heterocycles. The summed E-state index contributed by atoms with van der Waals surface area (Å²) >= 11 is 0. The van der Waals surface area contributed by atoms with Gasteiger partial charge in [-0.2, -0.15) is 4.31 Å². The average molecular weight is 448 g/mol. The van der Waals surface area contributed by atoms with Gasteiger partial charge in [0.25, 0.3) is 5.91 Å². The van der Waals surface area contributed by atoms with Gasteiger partial charge in [-0.05, 0) is 31.2 Å². The molecule has 0 radical (unpaired) electrons. The zero-order valence-electron chi connectivity index (χ0n) is 18.6. The Morgan fingerprint density at radius 2 is 1.65 bits per heavy atom. The highest BCUT2D eigenvalue weighted by Crippen LogP contribution is 2.25. The Kier molecular flexibility index (Phi) is 6.38. The van der Waals surface area contributed by atoms with E-state index in [4.69, 9.17) is 4.52 Å². The third-order valence-electron chi connectivity index (χ3n) is 5.52. The van der Waals surface area contributed by atoms with Crippen LogP contribution in [0.1, 0.15) is 54.6 Å². The molecule has 1 aromatic heterocycles. The van der Waals surface area contributed by atoms with E-state index in [-0.39, 0.29) is 35.7 Å². The number of benzene rings is 1. The normalized spacial score (nSPS) is 16.2. The molecule has 9 heteroatoms. The van der Waals surface area contributed by atoms with Crippen molar-refractivity contribution < 1.29 is 22.5 Å². The standard InChI is InChI=1S/C22H29N3O5S/c1-15-20(16(2)30-23-15)31(28,29)25-12-6-11-24(13-14-25)21(27)19(26)17-7-9-18(10-8-17)22(3,4)5/h7-10H,6,11-14H2,1-5H3. The van der Waals surface area contributed by atoms with Crippen molar-refractivity contribution >= 4 is 21.7 Å². The Bertz CT molecular complexity index is 1060. The molecule has 0 unspecified atom stereocenters. The van der Waals surface area contributed by atoms with E-state index in [0.717, 1.165) is 5.56 Å². The molecule has 0 saturated carbocycles. The van der Waals surface area contributed by atoms with Gasteiger partial charge in [0, 0.05) is 31.7 Å². The molecule has 31 heavy (non-hydrogen) atoms. The summed E-state index contributed by atoms with van der Waals surface area (Å²) in [6.45, 7) is 10.2. The van der Waals surface area contributed by atoms with E-state index in [2.05, 4.69) is 25.9 Å². The first-order valence-electron chi connectivity index (χ1n) is 10.3. The first-order chi connectivity index (χ1) is 14.4. The van der Waals surface area contributed by atoms with Crippen molar-refractivity contribution in [2.24, 2.45) is 0 Å². The van der Waals surface area contributed by atoms with Crippen LogP contribution in [-0.2, 0) is 20.2 Å². The van der Waals surface area contributed by atoms with Crippen molar-refractivity contribution in [3.05, 3.63) is 46.8 Å². The Balaban J connectivity index is 1.72. The van der Waals surface area contributed by atoms with Crippen LogP contribution in [-0.4, -0.2) is 60.6 Å². The van der Waals surface area contributed by atoms with E-state index >= 15 is 0 Å². The van der Waals surface area contributed by atoms with Gasteiger partial charge in [0.2, 0.25) is 15.8 Å². The summed E-state index contributed by atoms with van der Waals surface area (Å²) < 4.78 is 32.4. The lowest BCUT2D eigenvalue weighted by Gasteiger charge is -2.22. The van der Waals surface area contributed by atoms with Crippen LogP contribution in [0.15, 0.2) is 33.7 Å². The number of carbonyl (C=O) groups excluding carboxylic acids is 2. The summed E-state index contributed by atoms with van der Waals surface area (Å²) in [5.41, 5.74) is 1.67. The number of rotatable bonds is 4. The van der Waals surface area contributed by atoms with E-state index in [9.17, 15) is 18.0 Å². The number of carbonyl (C=O) groups is 2. The smallest absolute Gasteiger partial charge is 0.295 e. The number of Topliss-reactive ketones (excluding diaryl/α,β-unsaturated/α-hetero) is 1. The molecule has 0 bridgehead atoms. The molecule has 1 aromatic carbocycles. The Labute approximate surface area is 183 Å². The van der Waals surface area contributed by atoms with Gasteiger partial charge in [-0.1, -0.05) is 50.2 Å². The minimum atomic E-state index is -3.79. The molecule has 2 aromatic rings. The lowest BCUT2D eigenvalue weighted by Crippen LogP contribution is -2.40. The highest BCUT2D eigenvalue weighted by atomic mass is 32.2. The molecule has 1 aliphatic heterocycles. The maximum atomic E-state index is 13.0. The number of hydrogen-bond acceptors (Lipinski definition) is 6. The van der Waals surface area contributed by atoms with Gasteiger partial charge in [-0.3, -0.25) is 9.59 Å². The second-order valence-electron chi connectivity index (χ2n) is 8.86. The Hall–Kier alpha value is -2.52. The molecule has 168 valence electrons. The van der Waals surface area contributed by atoms with Crippen LogP contribution in [0.4, 0.5) is 0 Å². The molecule has 0 atom stereocenters. The number of ketones is 1. The van der Waals surface area contributed by atoms with E-state index in [1.807, 2.05) is 12.1 Å². The highest BCUT2D eigenvalue weighted by Gasteiger charge is 2.34. The fourth-order valence-electron chi connectivity index (χ4n) is 3.70. The van der Waals surface area contributed by atoms with Crippen molar-refractivity contribution in [3.8, 4) is 0 Å². The second kappa shape index (κ2) is 8.55. The number of amides is 1. The van der Waals surface area contributed by atoms with Crippen molar-refractivity contribution in [3.63, 3.8) is 0 Å². The number of sulfonamides is 1. The van der Waals surface area contributed by atoms with Gasteiger partial charge in [0.15, 0.2) is 5.76 Å². The molecule has 1 fully saturated rings. The molecule has 1 amide bonds. The molecular formula is C22H29N3O5S. The van der Waals surface area contributed by atoms with Crippen molar-refractivity contribution in [1.82, 2.24) is 14.4 Å². The summed E-state index contributed by atoms with van der Waals surface area (Å²) in [5.74, 6) is -0.953. The van der Waals surface area contributed by atoms with Gasteiger partial charge in [0.05, 0.1) is 0 Å². The number of hydrogen-bond donors (Lipinski definition) is 0. The molecular weight excluding hydrogens is 418 g/mol. The minimum absolute atomic E-state index is 0.0491. The van der Waals surface area contributed by atoms with Crippen LogP contribution in [0.3, 0.4) is 0 Å². The molecule has 0 N–H and O–H groups in total. The number of aryl methyl sites for hydroxylation is 2. The van der Waals surface area contributed by atoms with Crippen LogP contribution in [0, 0.1) is 13.8 Å². The van der Waals surface area contributed by atoms with E-state index < -0.39 is 21.7 Å². The largest absolute Gasteiger partial charge is 0.360 e. The predicted molar refractivity (Wildman–Crippen MR) is 115 cm³/mol. The molecule has 0 aliphatic carbocycles. The molecule has 3 rings (SSSR count). The zero-order chi connectivity index (χ0) is 23.0. The molecule has 0 spiro atoms.